The highest BCUT2D eigenvalue weighted by Crippen LogP contribution is 2.28. The van der Waals surface area contributed by atoms with Crippen LogP contribution in [-0.4, -0.2) is 21.3 Å². The standard InChI is InChI=1S/C27H28FNO4S/c1-18(25-5-3-4-6-26(25)28)11-23(30)13-20-9-10-24(14-27(20)33-2)34(31,32)17-19-7-8-21-15-29-16-22(21)12-19/h3-10,12,14,18,29H,11,13,15-17H2,1-2H3. The van der Waals surface area contributed by atoms with Crippen molar-refractivity contribution in [1.29, 1.82) is 0 Å². The number of carbonyl (C=O) groups excluding carboxylic acids is 1. The summed E-state index contributed by atoms with van der Waals surface area (Å²) in [6.45, 7) is 3.37. The van der Waals surface area contributed by atoms with Gasteiger partial charge in [0.25, 0.3) is 0 Å². The van der Waals surface area contributed by atoms with E-state index in [1.165, 1.54) is 30.9 Å². The van der Waals surface area contributed by atoms with Gasteiger partial charge in [0.15, 0.2) is 9.84 Å². The summed E-state index contributed by atoms with van der Waals surface area (Å²) >= 11 is 0. The number of hydrogen-bond donors (Lipinski definition) is 1. The molecule has 3 aromatic rings. The van der Waals surface area contributed by atoms with Crippen LogP contribution in [0.25, 0.3) is 0 Å². The van der Waals surface area contributed by atoms with Gasteiger partial charge in [-0.1, -0.05) is 49.4 Å². The van der Waals surface area contributed by atoms with E-state index in [0.717, 1.165) is 24.2 Å². The predicted molar refractivity (Wildman–Crippen MR) is 129 cm³/mol. The zero-order chi connectivity index (χ0) is 24.3. The molecule has 0 aromatic heterocycles. The number of ketones is 1. The summed E-state index contributed by atoms with van der Waals surface area (Å²) in [5.41, 5.74) is 4.18. The number of nitrogens with one attached hydrogen (secondary N) is 1. The van der Waals surface area contributed by atoms with Crippen LogP contribution in [0.5, 0.6) is 5.75 Å². The van der Waals surface area contributed by atoms with Gasteiger partial charge in [-0.05, 0) is 46.4 Å². The molecule has 5 nitrogen and oxygen atoms in total. The topological polar surface area (TPSA) is 72.5 Å². The smallest absolute Gasteiger partial charge is 0.182 e. The number of benzene rings is 3. The molecular formula is C27H28FNO4S. The number of Topliss-reactive ketones (excluding diaryl/α,β-unsaturated/α-hetero) is 1. The highest BCUT2D eigenvalue weighted by Gasteiger charge is 2.21. The number of carbonyl (C=O) groups is 1. The Balaban J connectivity index is 1.47. The molecule has 34 heavy (non-hydrogen) atoms. The van der Waals surface area contributed by atoms with Gasteiger partial charge in [0.1, 0.15) is 17.3 Å². The lowest BCUT2D eigenvalue weighted by Crippen LogP contribution is -2.10. The quantitative estimate of drug-likeness (QED) is 0.479. The maximum absolute atomic E-state index is 14.0. The fourth-order valence-electron chi connectivity index (χ4n) is 4.42. The van der Waals surface area contributed by atoms with E-state index in [2.05, 4.69) is 5.32 Å². The third-order valence-corrected chi connectivity index (χ3v) is 7.92. The van der Waals surface area contributed by atoms with E-state index in [0.29, 0.717) is 16.9 Å². The Labute approximate surface area is 199 Å². The van der Waals surface area contributed by atoms with Crippen LogP contribution < -0.4 is 10.1 Å². The van der Waals surface area contributed by atoms with Gasteiger partial charge in [-0.15, -0.1) is 0 Å². The Morgan fingerprint density at radius 2 is 1.82 bits per heavy atom. The molecule has 0 fully saturated rings. The maximum Gasteiger partial charge on any atom is 0.182 e. The van der Waals surface area contributed by atoms with Gasteiger partial charge in [-0.3, -0.25) is 4.79 Å². The molecule has 178 valence electrons. The molecule has 0 aliphatic carbocycles. The Morgan fingerprint density at radius 3 is 2.59 bits per heavy atom. The minimum absolute atomic E-state index is 0.0728. The van der Waals surface area contributed by atoms with Crippen molar-refractivity contribution >= 4 is 15.6 Å². The second-order valence-electron chi connectivity index (χ2n) is 8.78. The molecule has 3 aromatic carbocycles. The van der Waals surface area contributed by atoms with Crippen LogP contribution in [0.15, 0.2) is 65.6 Å². The van der Waals surface area contributed by atoms with Crippen molar-refractivity contribution in [1.82, 2.24) is 5.32 Å². The fraction of sp³-hybridized carbons (Fsp3) is 0.296. The third-order valence-electron chi connectivity index (χ3n) is 6.23. The summed E-state index contributed by atoms with van der Waals surface area (Å²) in [5.74, 6) is -0.416. The average molecular weight is 482 g/mol. The molecule has 7 heteroatoms. The summed E-state index contributed by atoms with van der Waals surface area (Å²) in [6, 6.07) is 16.8. The van der Waals surface area contributed by atoms with Gasteiger partial charge in [0.2, 0.25) is 0 Å². The number of sulfone groups is 1. The van der Waals surface area contributed by atoms with Gasteiger partial charge in [0.05, 0.1) is 17.8 Å². The fourth-order valence-corrected chi connectivity index (χ4v) is 5.76. The summed E-state index contributed by atoms with van der Waals surface area (Å²) in [7, 11) is -2.14. The van der Waals surface area contributed by atoms with E-state index < -0.39 is 9.84 Å². The highest BCUT2D eigenvalue weighted by atomic mass is 32.2. The lowest BCUT2D eigenvalue weighted by molar-refractivity contribution is -0.118. The highest BCUT2D eigenvalue weighted by molar-refractivity contribution is 7.90. The number of hydrogen-bond acceptors (Lipinski definition) is 5. The minimum atomic E-state index is -3.60. The van der Waals surface area contributed by atoms with Gasteiger partial charge >= 0.3 is 0 Å². The van der Waals surface area contributed by atoms with Crippen LogP contribution in [0, 0.1) is 5.82 Å². The van der Waals surface area contributed by atoms with Crippen LogP contribution in [0.2, 0.25) is 0 Å². The van der Waals surface area contributed by atoms with E-state index in [9.17, 15) is 17.6 Å². The molecule has 0 saturated carbocycles. The maximum atomic E-state index is 14.0. The van der Waals surface area contributed by atoms with Gasteiger partial charge in [-0.2, -0.15) is 0 Å². The zero-order valence-electron chi connectivity index (χ0n) is 19.3. The van der Waals surface area contributed by atoms with Gasteiger partial charge in [0, 0.05) is 31.5 Å². The van der Waals surface area contributed by atoms with Crippen molar-refractivity contribution in [2.75, 3.05) is 7.11 Å². The average Bonchev–Trinajstić information content (AvgIpc) is 3.27. The number of halogens is 1. The second-order valence-corrected chi connectivity index (χ2v) is 10.8. The number of rotatable bonds is 9. The lowest BCUT2D eigenvalue weighted by atomic mass is 9.93. The first-order valence-electron chi connectivity index (χ1n) is 11.2. The van der Waals surface area contributed by atoms with Crippen molar-refractivity contribution in [3.63, 3.8) is 0 Å². The monoisotopic (exact) mass is 481 g/mol. The normalized spacial score (nSPS) is 14.0. The molecule has 1 unspecified atom stereocenters. The molecular weight excluding hydrogens is 453 g/mol. The molecule has 0 bridgehead atoms. The molecule has 1 aliphatic heterocycles. The Morgan fingerprint density at radius 1 is 1.06 bits per heavy atom. The Bertz CT molecular complexity index is 1320. The molecule has 1 atom stereocenters. The van der Waals surface area contributed by atoms with Crippen molar-refractivity contribution in [3.05, 3.63) is 94.3 Å². The van der Waals surface area contributed by atoms with E-state index >= 15 is 0 Å². The van der Waals surface area contributed by atoms with Crippen LogP contribution in [-0.2, 0) is 39.9 Å². The summed E-state index contributed by atoms with van der Waals surface area (Å²) in [4.78, 5) is 12.8. The van der Waals surface area contributed by atoms with Crippen molar-refractivity contribution in [2.24, 2.45) is 0 Å². The van der Waals surface area contributed by atoms with Crippen LogP contribution in [0.4, 0.5) is 4.39 Å². The molecule has 0 spiro atoms. The Kier molecular flexibility index (Phi) is 7.14. The van der Waals surface area contributed by atoms with Gasteiger partial charge in [-0.25, -0.2) is 12.8 Å². The molecule has 1 heterocycles. The summed E-state index contributed by atoms with van der Waals surface area (Å²) in [5, 5.41) is 3.26. The van der Waals surface area contributed by atoms with Crippen molar-refractivity contribution < 1.29 is 22.3 Å². The zero-order valence-corrected chi connectivity index (χ0v) is 20.1. The SMILES string of the molecule is COc1cc(S(=O)(=O)Cc2ccc3c(c2)CNC3)ccc1CC(=O)CC(C)c1ccccc1F. The van der Waals surface area contributed by atoms with Crippen molar-refractivity contribution in [2.45, 2.75) is 49.4 Å². The molecule has 0 saturated heterocycles. The van der Waals surface area contributed by atoms with E-state index in [1.807, 2.05) is 25.1 Å². The van der Waals surface area contributed by atoms with Crippen molar-refractivity contribution in [3.8, 4) is 5.75 Å². The number of methoxy groups -OCH3 is 1. The number of fused-ring (bicyclic) bond motifs is 1. The molecule has 0 radical (unpaired) electrons. The summed E-state index contributed by atoms with van der Waals surface area (Å²) < 4.78 is 45.6. The first kappa shape index (κ1) is 24.1. The van der Waals surface area contributed by atoms with Crippen LogP contribution in [0.1, 0.15) is 47.1 Å². The van der Waals surface area contributed by atoms with Crippen LogP contribution >= 0.6 is 0 Å². The first-order chi connectivity index (χ1) is 16.3. The van der Waals surface area contributed by atoms with E-state index in [1.54, 1.807) is 24.3 Å². The molecule has 1 aliphatic rings. The predicted octanol–water partition coefficient (Wildman–Crippen LogP) is 4.72. The first-order valence-corrected chi connectivity index (χ1v) is 12.9. The number of ether oxygens (including phenoxy) is 1. The van der Waals surface area contributed by atoms with Crippen LogP contribution in [0.3, 0.4) is 0 Å². The molecule has 1 N–H and O–H groups in total. The van der Waals surface area contributed by atoms with E-state index in [-0.39, 0.29) is 41.0 Å². The second kappa shape index (κ2) is 10.1. The van der Waals surface area contributed by atoms with Gasteiger partial charge < -0.3 is 10.1 Å². The third kappa shape index (κ3) is 5.37. The minimum Gasteiger partial charge on any atom is -0.496 e. The lowest BCUT2D eigenvalue weighted by Gasteiger charge is -2.14. The molecule has 4 rings (SSSR count). The largest absolute Gasteiger partial charge is 0.496 e. The summed E-state index contributed by atoms with van der Waals surface area (Å²) in [6.07, 6.45) is 0.261. The molecule has 0 amide bonds. The van der Waals surface area contributed by atoms with E-state index in [4.69, 9.17) is 4.74 Å². The Hall–Kier alpha value is -3.03.